The lowest BCUT2D eigenvalue weighted by atomic mass is 10.1. The van der Waals surface area contributed by atoms with Crippen molar-refractivity contribution >= 4 is 5.91 Å². The highest BCUT2D eigenvalue weighted by atomic mass is 16.2. The third-order valence-electron chi connectivity index (χ3n) is 4.85. The molecule has 0 fully saturated rings. The Kier molecular flexibility index (Phi) is 5.69. The van der Waals surface area contributed by atoms with Crippen LogP contribution in [-0.2, 0) is 26.6 Å². The van der Waals surface area contributed by atoms with Crippen LogP contribution in [0.1, 0.15) is 39.4 Å². The maximum atomic E-state index is 12.7. The van der Waals surface area contributed by atoms with E-state index in [0.717, 1.165) is 36.3 Å². The van der Waals surface area contributed by atoms with Crippen LogP contribution in [0.25, 0.3) is 0 Å². The zero-order chi connectivity index (χ0) is 19.4. The number of benzene rings is 1. The van der Waals surface area contributed by atoms with Crippen LogP contribution < -0.4 is 0 Å². The third-order valence-corrected chi connectivity index (χ3v) is 4.85. The normalized spacial score (nSPS) is 11.0. The molecule has 0 aliphatic carbocycles. The summed E-state index contributed by atoms with van der Waals surface area (Å²) in [5, 5.41) is 12.6. The van der Waals surface area contributed by atoms with Gasteiger partial charge in [0.05, 0.1) is 11.9 Å². The Balaban J connectivity index is 1.57. The summed E-state index contributed by atoms with van der Waals surface area (Å²) in [7, 11) is 3.69. The summed E-state index contributed by atoms with van der Waals surface area (Å²) in [6, 6.07) is 10.3. The topological polar surface area (TPSA) is 68.8 Å². The number of hydrogen-bond donors (Lipinski definition) is 0. The van der Waals surface area contributed by atoms with E-state index < -0.39 is 0 Å². The van der Waals surface area contributed by atoms with Crippen LogP contribution in [0.4, 0.5) is 0 Å². The Morgan fingerprint density at radius 1 is 1.19 bits per heavy atom. The third kappa shape index (κ3) is 4.42. The number of hydrogen-bond acceptors (Lipinski definition) is 4. The second kappa shape index (κ2) is 8.16. The summed E-state index contributed by atoms with van der Waals surface area (Å²) < 4.78 is 3.58. The van der Waals surface area contributed by atoms with Crippen molar-refractivity contribution < 1.29 is 4.79 Å². The summed E-state index contributed by atoms with van der Waals surface area (Å²) in [5.41, 5.74) is 4.76. The average Bonchev–Trinajstić information content (AvgIpc) is 3.22. The van der Waals surface area contributed by atoms with E-state index in [1.54, 1.807) is 22.8 Å². The van der Waals surface area contributed by atoms with Crippen LogP contribution in [0.15, 0.2) is 36.5 Å². The summed E-state index contributed by atoms with van der Waals surface area (Å²) in [4.78, 5) is 14.3. The first kappa shape index (κ1) is 18.8. The molecule has 2 heterocycles. The predicted octanol–water partition coefficient (Wildman–Crippen LogP) is 2.53. The molecule has 0 atom stereocenters. The summed E-state index contributed by atoms with van der Waals surface area (Å²) in [6.45, 7) is 5.21. The quantitative estimate of drug-likeness (QED) is 0.644. The van der Waals surface area contributed by atoms with Crippen LogP contribution in [-0.4, -0.2) is 42.6 Å². The molecular weight excluding hydrogens is 340 g/mol. The molecule has 0 saturated heterocycles. The fourth-order valence-corrected chi connectivity index (χ4v) is 3.15. The lowest BCUT2D eigenvalue weighted by molar-refractivity contribution is 0.0778. The van der Waals surface area contributed by atoms with Gasteiger partial charge in [0.15, 0.2) is 5.69 Å². The molecule has 27 heavy (non-hydrogen) atoms. The standard InChI is InChI=1S/C20H26N6O/c1-15-18(16(2)25(4)22-15)13-24(3)20(27)19-14-26(23-21-19)12-8-11-17-9-6-5-7-10-17/h5-7,9-10,14H,8,11-13H2,1-4H3. The highest BCUT2D eigenvalue weighted by Gasteiger charge is 2.19. The molecule has 0 bridgehead atoms. The SMILES string of the molecule is Cc1nn(C)c(C)c1CN(C)C(=O)c1cn(CCCc2ccccc2)nn1. The fourth-order valence-electron chi connectivity index (χ4n) is 3.15. The molecule has 0 unspecified atom stereocenters. The number of carbonyl (C=O) groups is 1. The smallest absolute Gasteiger partial charge is 0.276 e. The van der Waals surface area contributed by atoms with Crippen LogP contribution in [0.2, 0.25) is 0 Å². The zero-order valence-corrected chi connectivity index (χ0v) is 16.4. The van der Waals surface area contributed by atoms with E-state index in [-0.39, 0.29) is 5.91 Å². The van der Waals surface area contributed by atoms with Crippen LogP contribution in [0, 0.1) is 13.8 Å². The lowest BCUT2D eigenvalue weighted by Gasteiger charge is -2.16. The largest absolute Gasteiger partial charge is 0.336 e. The van der Waals surface area contributed by atoms with E-state index in [4.69, 9.17) is 0 Å². The number of rotatable bonds is 7. The Labute approximate surface area is 159 Å². The summed E-state index contributed by atoms with van der Waals surface area (Å²) >= 11 is 0. The molecule has 3 rings (SSSR count). The molecule has 3 aromatic rings. The fraction of sp³-hybridized carbons (Fsp3) is 0.400. The summed E-state index contributed by atoms with van der Waals surface area (Å²) in [5.74, 6) is -0.132. The minimum atomic E-state index is -0.132. The van der Waals surface area contributed by atoms with Crippen LogP contribution >= 0.6 is 0 Å². The van der Waals surface area contributed by atoms with Gasteiger partial charge in [-0.3, -0.25) is 14.2 Å². The van der Waals surface area contributed by atoms with Crippen molar-refractivity contribution in [3.05, 3.63) is 64.7 Å². The first-order valence-electron chi connectivity index (χ1n) is 9.14. The number of amides is 1. The van der Waals surface area contributed by atoms with E-state index in [1.807, 2.05) is 43.8 Å². The molecule has 0 N–H and O–H groups in total. The van der Waals surface area contributed by atoms with Crippen molar-refractivity contribution in [3.8, 4) is 0 Å². The van der Waals surface area contributed by atoms with Crippen molar-refractivity contribution in [2.75, 3.05) is 7.05 Å². The average molecular weight is 366 g/mol. The van der Waals surface area contributed by atoms with E-state index in [2.05, 4.69) is 27.5 Å². The van der Waals surface area contributed by atoms with Gasteiger partial charge in [0.2, 0.25) is 0 Å². The van der Waals surface area contributed by atoms with Gasteiger partial charge in [0.25, 0.3) is 5.91 Å². The predicted molar refractivity (Wildman–Crippen MR) is 103 cm³/mol. The van der Waals surface area contributed by atoms with Gasteiger partial charge in [-0.25, -0.2) is 0 Å². The van der Waals surface area contributed by atoms with Crippen molar-refractivity contribution in [3.63, 3.8) is 0 Å². The van der Waals surface area contributed by atoms with Gasteiger partial charge in [-0.05, 0) is 32.3 Å². The van der Waals surface area contributed by atoms with Crippen molar-refractivity contribution in [2.24, 2.45) is 7.05 Å². The highest BCUT2D eigenvalue weighted by Crippen LogP contribution is 2.15. The molecule has 142 valence electrons. The molecule has 0 aliphatic heterocycles. The zero-order valence-electron chi connectivity index (χ0n) is 16.4. The highest BCUT2D eigenvalue weighted by molar-refractivity contribution is 5.91. The molecule has 1 amide bonds. The second-order valence-corrected chi connectivity index (χ2v) is 6.89. The molecule has 1 aromatic carbocycles. The van der Waals surface area contributed by atoms with Gasteiger partial charge in [0.1, 0.15) is 0 Å². The number of carbonyl (C=O) groups excluding carboxylic acids is 1. The summed E-state index contributed by atoms with van der Waals surface area (Å²) in [6.07, 6.45) is 3.65. The molecule has 7 heteroatoms. The molecule has 0 spiro atoms. The van der Waals surface area contributed by atoms with E-state index in [1.165, 1.54) is 5.56 Å². The molecule has 7 nitrogen and oxygen atoms in total. The van der Waals surface area contributed by atoms with E-state index >= 15 is 0 Å². The van der Waals surface area contributed by atoms with Gasteiger partial charge in [-0.2, -0.15) is 5.10 Å². The van der Waals surface area contributed by atoms with Crippen LogP contribution in [0.3, 0.4) is 0 Å². The van der Waals surface area contributed by atoms with Crippen molar-refractivity contribution in [2.45, 2.75) is 39.8 Å². The number of aromatic nitrogens is 5. The minimum Gasteiger partial charge on any atom is -0.336 e. The second-order valence-electron chi connectivity index (χ2n) is 6.89. The maximum absolute atomic E-state index is 12.7. The molecule has 0 saturated carbocycles. The van der Waals surface area contributed by atoms with Gasteiger partial charge < -0.3 is 4.90 Å². The first-order valence-corrected chi connectivity index (χ1v) is 9.14. The molecule has 2 aromatic heterocycles. The Hall–Kier alpha value is -2.96. The lowest BCUT2D eigenvalue weighted by Crippen LogP contribution is -2.27. The van der Waals surface area contributed by atoms with E-state index in [9.17, 15) is 4.79 Å². The monoisotopic (exact) mass is 366 g/mol. The maximum Gasteiger partial charge on any atom is 0.276 e. The Morgan fingerprint density at radius 2 is 1.93 bits per heavy atom. The van der Waals surface area contributed by atoms with Gasteiger partial charge in [-0.15, -0.1) is 5.10 Å². The number of aryl methyl sites for hydroxylation is 4. The minimum absolute atomic E-state index is 0.132. The first-order chi connectivity index (χ1) is 13.0. The van der Waals surface area contributed by atoms with E-state index in [0.29, 0.717) is 12.2 Å². The van der Waals surface area contributed by atoms with Crippen LogP contribution in [0.5, 0.6) is 0 Å². The molecule has 0 radical (unpaired) electrons. The van der Waals surface area contributed by atoms with Crippen molar-refractivity contribution in [1.29, 1.82) is 0 Å². The Bertz CT molecular complexity index is 912. The van der Waals surface area contributed by atoms with Gasteiger partial charge in [-0.1, -0.05) is 35.5 Å². The molecule has 0 aliphatic rings. The number of nitrogens with zero attached hydrogens (tertiary/aromatic N) is 6. The Morgan fingerprint density at radius 3 is 2.59 bits per heavy atom. The van der Waals surface area contributed by atoms with Gasteiger partial charge in [0, 0.05) is 38.4 Å². The van der Waals surface area contributed by atoms with Crippen molar-refractivity contribution in [1.82, 2.24) is 29.7 Å². The van der Waals surface area contributed by atoms with Gasteiger partial charge >= 0.3 is 0 Å². The molecular formula is C20H26N6O.